The number of nitrogens with zero attached hydrogens (tertiary/aromatic N) is 1. The van der Waals surface area contributed by atoms with Crippen LogP contribution >= 0.6 is 23.1 Å². The summed E-state index contributed by atoms with van der Waals surface area (Å²) >= 11 is 3.71. The summed E-state index contributed by atoms with van der Waals surface area (Å²) in [5.74, 6) is 0. The summed E-state index contributed by atoms with van der Waals surface area (Å²) < 4.78 is 2.69. The normalized spacial score (nSPS) is 12.7. The number of anilines is 3. The van der Waals surface area contributed by atoms with Gasteiger partial charge in [-0.1, -0.05) is 72.4 Å². The number of hydrogen-bond acceptors (Lipinski definition) is 3. The second-order valence-corrected chi connectivity index (χ2v) is 10.4. The van der Waals surface area contributed by atoms with E-state index in [1.54, 1.807) is 0 Å². The minimum Gasteiger partial charge on any atom is -0.308 e. The Morgan fingerprint density at radius 2 is 1.09 bits per heavy atom. The molecule has 0 aliphatic carbocycles. The highest BCUT2D eigenvalue weighted by molar-refractivity contribution is 7.99. The van der Waals surface area contributed by atoms with E-state index in [9.17, 15) is 0 Å². The predicted molar refractivity (Wildman–Crippen MR) is 144 cm³/mol. The molecule has 0 atom stereocenters. The number of hydrogen-bond donors (Lipinski definition) is 0. The van der Waals surface area contributed by atoms with Crippen molar-refractivity contribution in [2.45, 2.75) is 9.79 Å². The molecular weight excluding hydrogens is 438 g/mol. The summed E-state index contributed by atoms with van der Waals surface area (Å²) in [6, 6.07) is 41.8. The van der Waals surface area contributed by atoms with Crippen LogP contribution in [0, 0.1) is 0 Å². The van der Waals surface area contributed by atoms with Crippen LogP contribution in [-0.2, 0) is 0 Å². The first-order valence-electron chi connectivity index (χ1n) is 11.0. The van der Waals surface area contributed by atoms with Gasteiger partial charge >= 0.3 is 0 Å². The largest absolute Gasteiger partial charge is 0.308 e. The summed E-state index contributed by atoms with van der Waals surface area (Å²) in [5, 5.41) is 2.68. The number of thiophene rings is 1. The predicted octanol–water partition coefficient (Wildman–Crippen LogP) is 9.66. The van der Waals surface area contributed by atoms with Crippen molar-refractivity contribution in [2.24, 2.45) is 0 Å². The lowest BCUT2D eigenvalue weighted by Crippen LogP contribution is -2.14. The molecule has 0 amide bonds. The van der Waals surface area contributed by atoms with Gasteiger partial charge < -0.3 is 4.90 Å². The fourth-order valence-electron chi connectivity index (χ4n) is 4.69. The standard InChI is InChI=1S/C30H19NS2/c1-4-10-27-23(7-1)24-19-21(15-18-28(24)32-27)20-13-16-22(17-14-20)31-25-8-2-5-11-29(25)33-30-12-6-3-9-26(30)31/h1-19H. The highest BCUT2D eigenvalue weighted by Gasteiger charge is 2.24. The Balaban J connectivity index is 1.32. The van der Waals surface area contributed by atoms with Crippen LogP contribution < -0.4 is 4.90 Å². The summed E-state index contributed by atoms with van der Waals surface area (Å²) in [6.45, 7) is 0. The maximum atomic E-state index is 2.38. The van der Waals surface area contributed by atoms with Gasteiger partial charge in [0, 0.05) is 35.7 Å². The molecule has 5 aromatic carbocycles. The summed E-state index contributed by atoms with van der Waals surface area (Å²) in [6.07, 6.45) is 0. The van der Waals surface area contributed by atoms with Gasteiger partial charge in [-0.3, -0.25) is 0 Å². The Bertz CT molecular complexity index is 1600. The topological polar surface area (TPSA) is 3.24 Å². The molecule has 1 aliphatic heterocycles. The Kier molecular flexibility index (Phi) is 4.32. The number of fused-ring (bicyclic) bond motifs is 5. The van der Waals surface area contributed by atoms with Crippen LogP contribution in [0.5, 0.6) is 0 Å². The third-order valence-electron chi connectivity index (χ3n) is 6.27. The van der Waals surface area contributed by atoms with E-state index in [0.29, 0.717) is 0 Å². The maximum absolute atomic E-state index is 2.38. The molecule has 7 rings (SSSR count). The van der Waals surface area contributed by atoms with E-state index in [4.69, 9.17) is 0 Å². The van der Waals surface area contributed by atoms with Gasteiger partial charge in [0.25, 0.3) is 0 Å². The number of rotatable bonds is 2. The van der Waals surface area contributed by atoms with Crippen LogP contribution in [0.15, 0.2) is 125 Å². The molecule has 0 saturated carbocycles. The molecule has 0 N–H and O–H groups in total. The molecule has 0 saturated heterocycles. The third kappa shape index (κ3) is 3.08. The van der Waals surface area contributed by atoms with Crippen molar-refractivity contribution in [3.05, 3.63) is 115 Å². The molecule has 2 heterocycles. The third-order valence-corrected chi connectivity index (χ3v) is 8.55. The molecule has 1 aliphatic rings. The number of para-hydroxylation sites is 2. The van der Waals surface area contributed by atoms with Crippen molar-refractivity contribution < 1.29 is 0 Å². The van der Waals surface area contributed by atoms with E-state index in [-0.39, 0.29) is 0 Å². The van der Waals surface area contributed by atoms with E-state index in [0.717, 1.165) is 0 Å². The monoisotopic (exact) mass is 457 g/mol. The maximum Gasteiger partial charge on any atom is 0.0601 e. The van der Waals surface area contributed by atoms with Crippen molar-refractivity contribution in [3.8, 4) is 11.1 Å². The molecule has 33 heavy (non-hydrogen) atoms. The zero-order valence-corrected chi connectivity index (χ0v) is 19.4. The quantitative estimate of drug-likeness (QED) is 0.254. The first-order chi connectivity index (χ1) is 16.3. The zero-order chi connectivity index (χ0) is 21.8. The lowest BCUT2D eigenvalue weighted by Gasteiger charge is -2.32. The van der Waals surface area contributed by atoms with Crippen molar-refractivity contribution in [3.63, 3.8) is 0 Å². The minimum atomic E-state index is 1.18. The Hall–Kier alpha value is -3.53. The van der Waals surface area contributed by atoms with E-state index in [2.05, 4.69) is 120 Å². The van der Waals surface area contributed by atoms with E-state index in [1.807, 2.05) is 23.1 Å². The van der Waals surface area contributed by atoms with Crippen molar-refractivity contribution >= 4 is 60.3 Å². The van der Waals surface area contributed by atoms with E-state index < -0.39 is 0 Å². The van der Waals surface area contributed by atoms with Crippen molar-refractivity contribution in [2.75, 3.05) is 4.90 Å². The lowest BCUT2D eigenvalue weighted by molar-refractivity contribution is 1.17. The SMILES string of the molecule is c1ccc2c(c1)Sc1ccccc1N2c1ccc(-c2ccc3sc4ccccc4c3c2)cc1. The second kappa shape index (κ2) is 7.51. The van der Waals surface area contributed by atoms with Crippen LogP contribution in [0.2, 0.25) is 0 Å². The fraction of sp³-hybridized carbons (Fsp3) is 0. The molecule has 156 valence electrons. The average Bonchev–Trinajstić information content (AvgIpc) is 3.25. The van der Waals surface area contributed by atoms with Crippen LogP contribution in [0.4, 0.5) is 17.1 Å². The van der Waals surface area contributed by atoms with Gasteiger partial charge in [0.1, 0.15) is 0 Å². The molecule has 0 bridgehead atoms. The molecule has 1 nitrogen and oxygen atoms in total. The number of benzene rings is 5. The molecule has 3 heteroatoms. The summed E-state index contributed by atoms with van der Waals surface area (Å²) in [5.41, 5.74) is 6.15. The highest BCUT2D eigenvalue weighted by atomic mass is 32.2. The van der Waals surface area contributed by atoms with Crippen LogP contribution in [-0.4, -0.2) is 0 Å². The van der Waals surface area contributed by atoms with Gasteiger partial charge in [0.2, 0.25) is 0 Å². The zero-order valence-electron chi connectivity index (χ0n) is 17.7. The van der Waals surface area contributed by atoms with Crippen LogP contribution in [0.3, 0.4) is 0 Å². The highest BCUT2D eigenvalue weighted by Crippen LogP contribution is 2.51. The van der Waals surface area contributed by atoms with Crippen molar-refractivity contribution in [1.29, 1.82) is 0 Å². The Labute approximate surface area is 200 Å². The Morgan fingerprint density at radius 3 is 1.85 bits per heavy atom. The van der Waals surface area contributed by atoms with Gasteiger partial charge in [-0.05, 0) is 65.7 Å². The van der Waals surface area contributed by atoms with E-state index >= 15 is 0 Å². The molecule has 1 aromatic heterocycles. The van der Waals surface area contributed by atoms with E-state index in [1.165, 1.54) is 58.2 Å². The molecule has 0 radical (unpaired) electrons. The van der Waals surface area contributed by atoms with Gasteiger partial charge in [0.05, 0.1) is 11.4 Å². The molecule has 0 spiro atoms. The molecule has 0 fully saturated rings. The van der Waals surface area contributed by atoms with Crippen LogP contribution in [0.1, 0.15) is 0 Å². The van der Waals surface area contributed by atoms with Gasteiger partial charge in [0.15, 0.2) is 0 Å². The van der Waals surface area contributed by atoms with Crippen molar-refractivity contribution in [1.82, 2.24) is 0 Å². The fourth-order valence-corrected chi connectivity index (χ4v) is 6.84. The molecular formula is C30H19NS2. The lowest BCUT2D eigenvalue weighted by atomic mass is 10.0. The smallest absolute Gasteiger partial charge is 0.0601 e. The molecule has 6 aromatic rings. The van der Waals surface area contributed by atoms with Crippen LogP contribution in [0.25, 0.3) is 31.3 Å². The first-order valence-corrected chi connectivity index (χ1v) is 12.7. The molecule has 0 unspecified atom stereocenters. The van der Waals surface area contributed by atoms with Gasteiger partial charge in [-0.15, -0.1) is 11.3 Å². The van der Waals surface area contributed by atoms with Gasteiger partial charge in [-0.25, -0.2) is 0 Å². The second-order valence-electron chi connectivity index (χ2n) is 8.23. The summed E-state index contributed by atoms with van der Waals surface area (Å²) in [4.78, 5) is 4.95. The average molecular weight is 458 g/mol. The van der Waals surface area contributed by atoms with Gasteiger partial charge in [-0.2, -0.15) is 0 Å². The minimum absolute atomic E-state index is 1.18. The first kappa shape index (κ1) is 19.0. The Morgan fingerprint density at radius 1 is 0.485 bits per heavy atom. The summed E-state index contributed by atoms with van der Waals surface area (Å²) in [7, 11) is 0.